The van der Waals surface area contributed by atoms with Crippen molar-refractivity contribution in [2.75, 3.05) is 104 Å². The third kappa shape index (κ3) is 26.6. The Kier molecular flexibility index (Phi) is 34.3. The summed E-state index contributed by atoms with van der Waals surface area (Å²) in [5, 5.41) is 38.3. The number of anilines is 2. The Morgan fingerprint density at radius 2 is 1.41 bits per heavy atom. The van der Waals surface area contributed by atoms with Crippen LogP contribution in [0, 0.1) is 17.8 Å². The smallest absolute Gasteiger partial charge is 0.322 e. The lowest BCUT2D eigenvalue weighted by Crippen LogP contribution is -2.36. The maximum atomic E-state index is 11.7. The molecule has 2 unspecified atom stereocenters. The van der Waals surface area contributed by atoms with Gasteiger partial charge in [-0.15, -0.1) is 0 Å². The molecule has 22 heteroatoms. The Bertz CT molecular complexity index is 3140. The van der Waals surface area contributed by atoms with Gasteiger partial charge in [-0.25, -0.2) is 0 Å². The number of rotatable bonds is 34. The van der Waals surface area contributed by atoms with E-state index in [1.54, 1.807) is 54.3 Å². The molecule has 2 aliphatic rings. The summed E-state index contributed by atoms with van der Waals surface area (Å²) in [6.45, 7) is 23.2. The zero-order valence-electron chi connectivity index (χ0n) is 58.0. The van der Waals surface area contributed by atoms with Crippen molar-refractivity contribution in [2.24, 2.45) is 23.5 Å². The van der Waals surface area contributed by atoms with E-state index in [1.807, 2.05) is 42.8 Å². The number of likely N-dealkylation sites (tertiary alicyclic amines) is 1. The number of alkyl halides is 1. The first-order valence-electron chi connectivity index (χ1n) is 33.8. The van der Waals surface area contributed by atoms with Crippen molar-refractivity contribution in [2.45, 2.75) is 168 Å². The SMILES string of the molecule is C=C(/C=C\C=C\CC(O)[C@@H](CC)CCCN)CNc1nc(OC2CCN(C)CC2)nc2c(C(C)C)cnn12.CCN(C)CCCOc1nc(NCc2cccc(CC(O)C3CCC(CC/C=C/C(=O)N(C)C)CC3)c2)n2ncc(C(C)C)c2n1.CN(C)C(=O)/C=C/CBr. The van der Waals surface area contributed by atoms with E-state index in [1.165, 1.54) is 11.0 Å². The zero-order valence-corrected chi connectivity index (χ0v) is 59.6. The van der Waals surface area contributed by atoms with Gasteiger partial charge in [0.15, 0.2) is 11.3 Å². The van der Waals surface area contributed by atoms with Crippen molar-refractivity contribution in [3.63, 3.8) is 0 Å². The second-order valence-electron chi connectivity index (χ2n) is 25.8. The molecule has 0 bridgehead atoms. The summed E-state index contributed by atoms with van der Waals surface area (Å²) in [6, 6.07) is 9.18. The van der Waals surface area contributed by atoms with Crippen LogP contribution < -0.4 is 25.8 Å². The van der Waals surface area contributed by atoms with E-state index in [9.17, 15) is 19.8 Å². The average molecular weight is 1350 g/mol. The minimum absolute atomic E-state index is 0.0226. The van der Waals surface area contributed by atoms with Crippen LogP contribution in [0.2, 0.25) is 0 Å². The van der Waals surface area contributed by atoms with Gasteiger partial charge in [-0.1, -0.05) is 144 Å². The van der Waals surface area contributed by atoms with Gasteiger partial charge in [0.2, 0.25) is 23.7 Å². The highest BCUT2D eigenvalue weighted by atomic mass is 79.9. The normalized spacial score (nSPS) is 16.7. The van der Waals surface area contributed by atoms with Gasteiger partial charge in [-0.3, -0.25) is 9.59 Å². The van der Waals surface area contributed by atoms with Gasteiger partial charge in [-0.05, 0) is 156 Å². The number of carbonyl (C=O) groups excluding carboxylic acids is 2. The molecule has 2 fully saturated rings. The molecule has 1 saturated carbocycles. The van der Waals surface area contributed by atoms with Crippen molar-refractivity contribution >= 4 is 50.9 Å². The molecule has 0 radical (unpaired) electrons. The summed E-state index contributed by atoms with van der Waals surface area (Å²) in [7, 11) is 11.2. The highest BCUT2D eigenvalue weighted by Gasteiger charge is 2.27. The molecule has 1 saturated heterocycles. The van der Waals surface area contributed by atoms with E-state index < -0.39 is 0 Å². The van der Waals surface area contributed by atoms with Crippen LogP contribution in [-0.4, -0.2) is 193 Å². The number of nitrogens with two attached hydrogens (primary N) is 1. The molecule has 4 aromatic heterocycles. The molecular weight excluding hydrogens is 1240 g/mol. The van der Waals surface area contributed by atoms with E-state index in [4.69, 9.17) is 25.2 Å². The van der Waals surface area contributed by atoms with Crippen LogP contribution in [0.25, 0.3) is 11.3 Å². The van der Waals surface area contributed by atoms with Crippen LogP contribution >= 0.6 is 15.9 Å². The van der Waals surface area contributed by atoms with Crippen LogP contribution in [0.4, 0.5) is 11.9 Å². The van der Waals surface area contributed by atoms with Crippen molar-refractivity contribution in [1.29, 1.82) is 0 Å². The number of nitrogens with one attached hydrogen (secondary N) is 2. The first-order valence-corrected chi connectivity index (χ1v) is 34.9. The van der Waals surface area contributed by atoms with Crippen LogP contribution in [0.15, 0.2) is 97.4 Å². The number of likely N-dealkylation sites (N-methyl/N-ethyl adjacent to an activating group) is 2. The fourth-order valence-electron chi connectivity index (χ4n) is 11.1. The highest BCUT2D eigenvalue weighted by Crippen LogP contribution is 2.35. The molecule has 7 rings (SSSR count). The summed E-state index contributed by atoms with van der Waals surface area (Å²) < 4.78 is 15.7. The number of hydrogen-bond acceptors (Lipinski definition) is 17. The maximum absolute atomic E-state index is 11.7. The lowest BCUT2D eigenvalue weighted by molar-refractivity contribution is -0.124. The number of allylic oxidation sites excluding steroid dienone is 4. The van der Waals surface area contributed by atoms with Crippen molar-refractivity contribution in [3.8, 4) is 12.0 Å². The van der Waals surface area contributed by atoms with Gasteiger partial charge in [0.05, 0.1) is 31.2 Å². The molecule has 2 amide bonds. The second-order valence-corrected chi connectivity index (χ2v) is 26.4. The van der Waals surface area contributed by atoms with Crippen LogP contribution in [0.1, 0.15) is 159 Å². The lowest BCUT2D eigenvalue weighted by atomic mass is 9.76. The van der Waals surface area contributed by atoms with E-state index in [0.717, 1.165) is 148 Å². The van der Waals surface area contributed by atoms with Gasteiger partial charge in [0.25, 0.3) is 0 Å². The monoisotopic (exact) mass is 1350 g/mol. The molecule has 3 atom stereocenters. The third-order valence-electron chi connectivity index (χ3n) is 17.2. The number of benzene rings is 1. The van der Waals surface area contributed by atoms with Crippen LogP contribution in [0.5, 0.6) is 12.0 Å². The molecular formula is C71H112BrN15O6. The van der Waals surface area contributed by atoms with E-state index in [0.29, 0.717) is 80.8 Å². The maximum Gasteiger partial charge on any atom is 0.322 e. The molecule has 6 N–H and O–H groups in total. The number of amides is 2. The number of piperidine rings is 1. The molecule has 1 aliphatic heterocycles. The Balaban J connectivity index is 0.000000302. The molecule has 514 valence electrons. The number of ether oxygens (including phenoxy) is 2. The van der Waals surface area contributed by atoms with E-state index >= 15 is 0 Å². The first-order chi connectivity index (χ1) is 44.6. The van der Waals surface area contributed by atoms with Gasteiger partial charge in [0, 0.05) is 77.4 Å². The Labute approximate surface area is 563 Å². The van der Waals surface area contributed by atoms with Crippen molar-refractivity contribution < 1.29 is 29.3 Å². The number of aliphatic hydroxyl groups excluding tert-OH is 2. The summed E-state index contributed by atoms with van der Waals surface area (Å²) in [6.07, 6.45) is 31.4. The largest absolute Gasteiger partial charge is 0.463 e. The predicted octanol–water partition coefficient (Wildman–Crippen LogP) is 11.1. The van der Waals surface area contributed by atoms with Gasteiger partial charge >= 0.3 is 12.0 Å². The summed E-state index contributed by atoms with van der Waals surface area (Å²) in [5.74, 6) is 3.09. The number of halogens is 1. The lowest BCUT2D eigenvalue weighted by Gasteiger charge is -2.31. The molecule has 5 aromatic rings. The zero-order chi connectivity index (χ0) is 67.8. The van der Waals surface area contributed by atoms with Crippen molar-refractivity contribution in [3.05, 3.63) is 120 Å². The molecule has 1 aromatic carbocycles. The van der Waals surface area contributed by atoms with Crippen LogP contribution in [0.3, 0.4) is 0 Å². The number of aliphatic hydroxyl groups is 2. The van der Waals surface area contributed by atoms with Crippen molar-refractivity contribution in [1.82, 2.24) is 58.8 Å². The second kappa shape index (κ2) is 41.3. The first kappa shape index (κ1) is 77.1. The number of fused-ring (bicyclic) bond motifs is 2. The summed E-state index contributed by atoms with van der Waals surface area (Å²) in [5.41, 5.74) is 12.4. The van der Waals surface area contributed by atoms with Gasteiger partial charge in [0.1, 0.15) is 6.10 Å². The minimum Gasteiger partial charge on any atom is -0.463 e. The molecule has 0 spiro atoms. The van der Waals surface area contributed by atoms with Crippen LogP contribution in [-0.2, 0) is 22.6 Å². The highest BCUT2D eigenvalue weighted by molar-refractivity contribution is 9.09. The summed E-state index contributed by atoms with van der Waals surface area (Å²) in [4.78, 5) is 48.9. The Morgan fingerprint density at radius 1 is 0.796 bits per heavy atom. The van der Waals surface area contributed by atoms with E-state index in [2.05, 4.69) is 143 Å². The fourth-order valence-corrected chi connectivity index (χ4v) is 11.3. The standard InChI is InChI=1S/C36H55N7O3.C29H47N7O2.C6H10BrNO/c1-7-42(6)20-11-21-46-36-39-34-31(26(2)3)25-38-43(34)35(40-36)37-24-29-14-10-13-28(22-29)23-32(44)30-18-16-27(17-19-30)12-8-9-15-33(45)41(4)5;1-6-23(12-10-16-30)26(37)13-9-7-8-11-22(4)19-31-28-34-29(38-24-14-17-35(5)18-15-24)33-27-25(21(2)3)20-32-36(27)28;1-8(2)6(9)4-3-5-7/h9-10,13-15,22,25-27,30,32,44H,7-8,11-12,16-21,23-24H2,1-6H3,(H,37,39,40);7-9,11,20-21,23-24,26,37H,4,6,10,12-19,30H2,1-3,5H3,(H,31,33,34);3-4H,5H2,1-2H3/b15-9+;9-7+,11-8-;4-3+/t;23-,26?;/m.0./s1. The molecule has 1 aliphatic carbocycles. The van der Waals surface area contributed by atoms with Gasteiger partial charge < -0.3 is 55.7 Å². The average Bonchev–Trinajstić information content (AvgIpc) is 1.67. The quantitative estimate of drug-likeness (QED) is 0.0111. The Hall–Kier alpha value is -6.56. The fraction of sp³-hybridized carbons (Fsp3) is 0.606. The number of aromatic nitrogens is 8. The van der Waals surface area contributed by atoms with E-state index in [-0.39, 0.29) is 42.0 Å². The molecule has 21 nitrogen and oxygen atoms in total. The number of hydrogen-bond donors (Lipinski definition) is 5. The van der Waals surface area contributed by atoms with Gasteiger partial charge in [-0.2, -0.15) is 39.2 Å². The third-order valence-corrected chi connectivity index (χ3v) is 17.6. The molecule has 5 heterocycles. The Morgan fingerprint density at radius 3 is 2.01 bits per heavy atom. The molecule has 93 heavy (non-hydrogen) atoms. The number of carbonyl (C=O) groups is 2. The topological polar surface area (TPSA) is 242 Å². The predicted molar refractivity (Wildman–Crippen MR) is 380 cm³/mol. The minimum atomic E-state index is -0.349. The summed E-state index contributed by atoms with van der Waals surface area (Å²) >= 11 is 3.17. The number of nitrogens with zero attached hydrogens (tertiary/aromatic N) is 12.